The Morgan fingerprint density at radius 1 is 1.11 bits per heavy atom. The zero-order valence-corrected chi connectivity index (χ0v) is 23.2. The molecule has 0 aliphatic heterocycles. The van der Waals surface area contributed by atoms with Crippen LogP contribution >= 0.6 is 31.9 Å². The van der Waals surface area contributed by atoms with E-state index in [1.807, 2.05) is 6.07 Å². The van der Waals surface area contributed by atoms with Crippen LogP contribution in [0.15, 0.2) is 69.1 Å². The number of nitro benzene ring substituents is 1. The molecule has 0 saturated heterocycles. The van der Waals surface area contributed by atoms with Gasteiger partial charge in [-0.3, -0.25) is 14.9 Å². The van der Waals surface area contributed by atoms with Crippen molar-refractivity contribution in [3.8, 4) is 23.3 Å². The number of carbonyl (C=O) groups excluding carboxylic acids is 2. The van der Waals surface area contributed by atoms with E-state index >= 15 is 0 Å². The number of esters is 1. The molecule has 12 heteroatoms. The van der Waals surface area contributed by atoms with Gasteiger partial charge in [0.05, 0.1) is 34.4 Å². The lowest BCUT2D eigenvalue weighted by Crippen LogP contribution is -2.14. The molecular formula is C26H19Br2N3O7. The highest BCUT2D eigenvalue weighted by Crippen LogP contribution is 2.38. The first-order valence-corrected chi connectivity index (χ1v) is 12.4. The van der Waals surface area contributed by atoms with E-state index in [0.717, 1.165) is 0 Å². The smallest absolute Gasteiger partial charge is 0.343 e. The minimum absolute atomic E-state index is 0.127. The molecule has 10 nitrogen and oxygen atoms in total. The number of methoxy groups -OCH3 is 1. The number of nitro groups is 1. The number of benzene rings is 3. The van der Waals surface area contributed by atoms with Crippen molar-refractivity contribution < 1.29 is 28.7 Å². The molecule has 0 heterocycles. The lowest BCUT2D eigenvalue weighted by atomic mass is 10.1. The van der Waals surface area contributed by atoms with Gasteiger partial charge in [0.1, 0.15) is 17.4 Å². The van der Waals surface area contributed by atoms with E-state index < -0.39 is 16.8 Å². The molecule has 0 radical (unpaired) electrons. The van der Waals surface area contributed by atoms with E-state index in [1.165, 1.54) is 37.5 Å². The number of nitrogens with zero attached hydrogens (tertiary/aromatic N) is 2. The first kappa shape index (κ1) is 28.4. The summed E-state index contributed by atoms with van der Waals surface area (Å²) in [5, 5.41) is 23.1. The molecule has 1 amide bonds. The molecule has 0 aliphatic carbocycles. The van der Waals surface area contributed by atoms with Crippen molar-refractivity contribution in [3.05, 3.63) is 90.4 Å². The Hall–Kier alpha value is -4.21. The number of non-ortho nitro benzene ring substituents is 1. The molecule has 0 unspecified atom stereocenters. The summed E-state index contributed by atoms with van der Waals surface area (Å²) in [6.45, 7) is 2.01. The third-order valence-electron chi connectivity index (χ3n) is 4.94. The van der Waals surface area contributed by atoms with Gasteiger partial charge in [-0.2, -0.15) is 5.26 Å². The van der Waals surface area contributed by atoms with Gasteiger partial charge < -0.3 is 19.5 Å². The Morgan fingerprint density at radius 2 is 1.82 bits per heavy atom. The number of nitriles is 1. The topological polar surface area (TPSA) is 141 Å². The van der Waals surface area contributed by atoms with Crippen LogP contribution < -0.4 is 19.5 Å². The van der Waals surface area contributed by atoms with Crippen molar-refractivity contribution in [1.82, 2.24) is 0 Å². The lowest BCUT2D eigenvalue weighted by molar-refractivity contribution is -0.384. The summed E-state index contributed by atoms with van der Waals surface area (Å²) in [6.07, 6.45) is 1.33. The Balaban J connectivity index is 1.87. The Bertz CT molecular complexity index is 1460. The first-order chi connectivity index (χ1) is 18.2. The highest BCUT2D eigenvalue weighted by atomic mass is 79.9. The third kappa shape index (κ3) is 6.96. The van der Waals surface area contributed by atoms with Crippen molar-refractivity contribution in [2.24, 2.45) is 0 Å². The monoisotopic (exact) mass is 643 g/mol. The standard InChI is InChI=1S/C26H19Br2N3O7/c1-3-37-23-12-15(11-21(28)24(23)38-26(33)16-4-7-19(36-2)8-5-16)10-17(14-29)25(32)30-22-9-6-18(31(34)35)13-20(22)27/h4-13H,3H2,1-2H3,(H,30,32)/b17-10+. The van der Waals surface area contributed by atoms with Crippen LogP contribution in [-0.4, -0.2) is 30.5 Å². The Labute approximate surface area is 234 Å². The summed E-state index contributed by atoms with van der Waals surface area (Å²) in [6, 6.07) is 15.1. The zero-order chi connectivity index (χ0) is 27.8. The third-order valence-corrected chi connectivity index (χ3v) is 6.19. The number of hydrogen-bond acceptors (Lipinski definition) is 8. The maximum atomic E-state index is 12.8. The van der Waals surface area contributed by atoms with Crippen molar-refractivity contribution in [2.75, 3.05) is 19.0 Å². The zero-order valence-electron chi connectivity index (χ0n) is 20.0. The van der Waals surface area contributed by atoms with Gasteiger partial charge in [-0.1, -0.05) is 0 Å². The van der Waals surface area contributed by atoms with Gasteiger partial charge in [0, 0.05) is 16.6 Å². The molecule has 0 aliphatic rings. The van der Waals surface area contributed by atoms with E-state index in [4.69, 9.17) is 14.2 Å². The lowest BCUT2D eigenvalue weighted by Gasteiger charge is -2.14. The summed E-state index contributed by atoms with van der Waals surface area (Å²) >= 11 is 6.55. The summed E-state index contributed by atoms with van der Waals surface area (Å²) in [4.78, 5) is 35.8. The molecular weight excluding hydrogens is 626 g/mol. The fraction of sp³-hybridized carbons (Fsp3) is 0.115. The van der Waals surface area contributed by atoms with Gasteiger partial charge in [0.25, 0.3) is 11.6 Å². The minimum Gasteiger partial charge on any atom is -0.497 e. The second kappa shape index (κ2) is 12.8. The molecule has 0 saturated carbocycles. The fourth-order valence-corrected chi connectivity index (χ4v) is 4.14. The molecule has 38 heavy (non-hydrogen) atoms. The van der Waals surface area contributed by atoms with Gasteiger partial charge >= 0.3 is 5.97 Å². The molecule has 0 atom stereocenters. The minimum atomic E-state index is -0.730. The van der Waals surface area contributed by atoms with Gasteiger partial charge in [-0.25, -0.2) is 4.79 Å². The van der Waals surface area contributed by atoms with E-state index in [0.29, 0.717) is 21.3 Å². The van der Waals surface area contributed by atoms with Crippen molar-refractivity contribution in [2.45, 2.75) is 6.92 Å². The van der Waals surface area contributed by atoms with Crippen molar-refractivity contribution >= 4 is 61.2 Å². The molecule has 0 aromatic heterocycles. The summed E-state index contributed by atoms with van der Waals surface area (Å²) in [7, 11) is 1.52. The van der Waals surface area contributed by atoms with Gasteiger partial charge in [0.2, 0.25) is 0 Å². The van der Waals surface area contributed by atoms with Crippen LogP contribution in [0, 0.1) is 21.4 Å². The maximum absolute atomic E-state index is 12.8. The molecule has 1 N–H and O–H groups in total. The van der Waals surface area contributed by atoms with Gasteiger partial charge in [-0.05, 0) is 92.9 Å². The van der Waals surface area contributed by atoms with Crippen LogP contribution in [0.5, 0.6) is 17.2 Å². The van der Waals surface area contributed by atoms with Crippen LogP contribution in [0.4, 0.5) is 11.4 Å². The average molecular weight is 645 g/mol. The van der Waals surface area contributed by atoms with E-state index in [2.05, 4.69) is 37.2 Å². The largest absolute Gasteiger partial charge is 0.497 e. The van der Waals surface area contributed by atoms with Gasteiger partial charge in [-0.15, -0.1) is 0 Å². The molecule has 0 spiro atoms. The second-order valence-electron chi connectivity index (χ2n) is 7.43. The van der Waals surface area contributed by atoms with Crippen LogP contribution in [0.3, 0.4) is 0 Å². The van der Waals surface area contributed by atoms with Crippen LogP contribution in [0.25, 0.3) is 6.08 Å². The van der Waals surface area contributed by atoms with Gasteiger partial charge in [0.15, 0.2) is 11.5 Å². The SMILES string of the molecule is CCOc1cc(/C=C(\C#N)C(=O)Nc2ccc([N+](=O)[O-])cc2Br)cc(Br)c1OC(=O)c1ccc(OC)cc1. The summed E-state index contributed by atoms with van der Waals surface area (Å²) in [5.74, 6) is -0.421. The van der Waals surface area contributed by atoms with Crippen LogP contribution in [-0.2, 0) is 4.79 Å². The van der Waals surface area contributed by atoms with E-state index in [1.54, 1.807) is 37.3 Å². The first-order valence-electron chi connectivity index (χ1n) is 10.9. The number of hydrogen-bond donors (Lipinski definition) is 1. The molecule has 0 fully saturated rings. The average Bonchev–Trinajstić information content (AvgIpc) is 2.90. The number of ether oxygens (including phenoxy) is 3. The van der Waals surface area contributed by atoms with Crippen molar-refractivity contribution in [3.63, 3.8) is 0 Å². The molecule has 3 rings (SSSR count). The quantitative estimate of drug-likeness (QED) is 0.0715. The number of halogens is 2. The number of anilines is 1. The predicted molar refractivity (Wildman–Crippen MR) is 146 cm³/mol. The fourth-order valence-electron chi connectivity index (χ4n) is 3.14. The van der Waals surface area contributed by atoms with E-state index in [9.17, 15) is 25.0 Å². The number of carbonyl (C=O) groups is 2. The summed E-state index contributed by atoms with van der Waals surface area (Å²) in [5.41, 5.74) is 0.558. The predicted octanol–water partition coefficient (Wildman–Crippen LogP) is 6.29. The Kier molecular flexibility index (Phi) is 9.59. The highest BCUT2D eigenvalue weighted by Gasteiger charge is 2.19. The van der Waals surface area contributed by atoms with Crippen molar-refractivity contribution in [1.29, 1.82) is 5.26 Å². The highest BCUT2D eigenvalue weighted by molar-refractivity contribution is 9.11. The molecule has 194 valence electrons. The Morgan fingerprint density at radius 3 is 2.39 bits per heavy atom. The second-order valence-corrected chi connectivity index (χ2v) is 9.13. The number of nitrogens with one attached hydrogen (secondary N) is 1. The normalized spacial score (nSPS) is 10.8. The van der Waals surface area contributed by atoms with Crippen LogP contribution in [0.2, 0.25) is 0 Å². The molecule has 3 aromatic carbocycles. The number of rotatable bonds is 9. The van der Waals surface area contributed by atoms with E-state index in [-0.39, 0.29) is 39.5 Å². The maximum Gasteiger partial charge on any atom is 0.343 e. The number of amides is 1. The molecule has 0 bridgehead atoms. The van der Waals surface area contributed by atoms with Crippen LogP contribution in [0.1, 0.15) is 22.8 Å². The summed E-state index contributed by atoms with van der Waals surface area (Å²) < 4.78 is 16.9. The molecule has 3 aromatic rings.